The monoisotopic (exact) mass is 595 g/mol. The average Bonchev–Trinajstić information content (AvgIpc) is 3.66. The SMILES string of the molecule is N#Cc1ccc(Cn2cncc2CN(C(=O)c2cccc(F)c2)c2ccc3sc(C(=O)N4CCSCC4)cc3c2)cc1. The van der Waals surface area contributed by atoms with E-state index in [1.54, 1.807) is 35.6 Å². The van der Waals surface area contributed by atoms with Crippen molar-refractivity contribution in [3.05, 3.63) is 118 Å². The van der Waals surface area contributed by atoms with Crippen molar-refractivity contribution in [3.8, 4) is 6.07 Å². The zero-order chi connectivity index (χ0) is 29.1. The normalized spacial score (nSPS) is 13.2. The number of hydrogen-bond acceptors (Lipinski definition) is 6. The number of benzene rings is 3. The summed E-state index contributed by atoms with van der Waals surface area (Å²) >= 11 is 3.31. The van der Waals surface area contributed by atoms with Gasteiger partial charge in [0.15, 0.2) is 0 Å². The molecule has 42 heavy (non-hydrogen) atoms. The van der Waals surface area contributed by atoms with Gasteiger partial charge in [-0.15, -0.1) is 11.3 Å². The Morgan fingerprint density at radius 3 is 2.60 bits per heavy atom. The van der Waals surface area contributed by atoms with E-state index in [-0.39, 0.29) is 23.9 Å². The summed E-state index contributed by atoms with van der Waals surface area (Å²) in [5, 5.41) is 9.98. The molecule has 10 heteroatoms. The number of halogens is 1. The second kappa shape index (κ2) is 12.2. The van der Waals surface area contributed by atoms with E-state index in [1.807, 2.05) is 57.6 Å². The Kier molecular flexibility index (Phi) is 8.04. The van der Waals surface area contributed by atoms with Crippen LogP contribution in [0.2, 0.25) is 0 Å². The molecule has 1 aliphatic rings. The van der Waals surface area contributed by atoms with Crippen molar-refractivity contribution in [2.24, 2.45) is 0 Å². The second-order valence-corrected chi connectivity index (χ2v) is 12.3. The first-order valence-corrected chi connectivity index (χ1v) is 15.4. The number of carbonyl (C=O) groups is 2. The molecular weight excluding hydrogens is 570 g/mol. The lowest BCUT2D eigenvalue weighted by Crippen LogP contribution is -2.37. The van der Waals surface area contributed by atoms with E-state index in [2.05, 4.69) is 11.1 Å². The van der Waals surface area contributed by atoms with Crippen molar-refractivity contribution in [1.29, 1.82) is 5.26 Å². The molecule has 0 bridgehead atoms. The van der Waals surface area contributed by atoms with Crippen molar-refractivity contribution in [2.75, 3.05) is 29.5 Å². The number of thioether (sulfide) groups is 1. The van der Waals surface area contributed by atoms with Gasteiger partial charge in [0, 0.05) is 53.3 Å². The molecule has 2 amide bonds. The molecule has 3 aromatic carbocycles. The van der Waals surface area contributed by atoms with Gasteiger partial charge < -0.3 is 14.4 Å². The molecule has 0 unspecified atom stereocenters. The van der Waals surface area contributed by atoms with Crippen molar-refractivity contribution in [2.45, 2.75) is 13.1 Å². The minimum Gasteiger partial charge on any atom is -0.336 e. The van der Waals surface area contributed by atoms with E-state index < -0.39 is 5.82 Å². The Morgan fingerprint density at radius 1 is 1.02 bits per heavy atom. The van der Waals surface area contributed by atoms with Crippen molar-refractivity contribution in [3.63, 3.8) is 0 Å². The second-order valence-electron chi connectivity index (χ2n) is 9.96. The van der Waals surface area contributed by atoms with Crippen LogP contribution in [0.3, 0.4) is 0 Å². The van der Waals surface area contributed by atoms with Crippen LogP contribution in [0.25, 0.3) is 10.1 Å². The number of imidazole rings is 1. The van der Waals surface area contributed by atoms with Crippen LogP contribution < -0.4 is 4.90 Å². The lowest BCUT2D eigenvalue weighted by molar-refractivity contribution is 0.0777. The van der Waals surface area contributed by atoms with E-state index >= 15 is 0 Å². The molecule has 0 N–H and O–H groups in total. The van der Waals surface area contributed by atoms with Crippen molar-refractivity contribution < 1.29 is 14.0 Å². The fourth-order valence-electron chi connectivity index (χ4n) is 4.95. The molecule has 210 valence electrons. The third kappa shape index (κ3) is 5.93. The summed E-state index contributed by atoms with van der Waals surface area (Å²) in [6.45, 7) is 2.19. The summed E-state index contributed by atoms with van der Waals surface area (Å²) in [4.78, 5) is 35.5. The van der Waals surface area contributed by atoms with E-state index in [1.165, 1.54) is 29.5 Å². The molecule has 0 radical (unpaired) electrons. The van der Waals surface area contributed by atoms with Crippen molar-refractivity contribution >= 4 is 50.7 Å². The summed E-state index contributed by atoms with van der Waals surface area (Å²) in [6, 6.07) is 22.7. The van der Waals surface area contributed by atoms with Gasteiger partial charge in [-0.2, -0.15) is 17.0 Å². The lowest BCUT2D eigenvalue weighted by Gasteiger charge is -2.25. The highest BCUT2D eigenvalue weighted by Crippen LogP contribution is 2.32. The van der Waals surface area contributed by atoms with Gasteiger partial charge in [-0.3, -0.25) is 9.59 Å². The average molecular weight is 596 g/mol. The first-order chi connectivity index (χ1) is 20.5. The number of carbonyl (C=O) groups excluding carboxylic acids is 2. The number of fused-ring (bicyclic) bond motifs is 1. The Labute approximate surface area is 250 Å². The van der Waals surface area contributed by atoms with Gasteiger partial charge in [-0.25, -0.2) is 9.37 Å². The smallest absolute Gasteiger partial charge is 0.264 e. The largest absolute Gasteiger partial charge is 0.336 e. The molecule has 3 heterocycles. The highest BCUT2D eigenvalue weighted by atomic mass is 32.2. The van der Waals surface area contributed by atoms with Gasteiger partial charge in [-0.1, -0.05) is 18.2 Å². The Bertz CT molecular complexity index is 1800. The van der Waals surface area contributed by atoms with Gasteiger partial charge in [0.2, 0.25) is 0 Å². The molecule has 0 aliphatic carbocycles. The van der Waals surface area contributed by atoms with Crippen LogP contribution in [0.1, 0.15) is 36.9 Å². The number of thiophene rings is 1. The van der Waals surface area contributed by atoms with Crippen LogP contribution in [-0.2, 0) is 13.1 Å². The lowest BCUT2D eigenvalue weighted by atomic mass is 10.1. The summed E-state index contributed by atoms with van der Waals surface area (Å²) in [7, 11) is 0. The molecular formula is C32H26FN5O2S2. The van der Waals surface area contributed by atoms with Crippen LogP contribution in [0.15, 0.2) is 85.3 Å². The molecule has 0 saturated carbocycles. The summed E-state index contributed by atoms with van der Waals surface area (Å²) in [6.07, 6.45) is 3.42. The van der Waals surface area contributed by atoms with Crippen LogP contribution in [0.4, 0.5) is 10.1 Å². The topological polar surface area (TPSA) is 82.2 Å². The maximum absolute atomic E-state index is 14.1. The molecule has 7 nitrogen and oxygen atoms in total. The molecule has 1 saturated heterocycles. The van der Waals surface area contributed by atoms with E-state index in [0.717, 1.165) is 45.9 Å². The summed E-state index contributed by atoms with van der Waals surface area (Å²) in [5.74, 6) is 1.09. The summed E-state index contributed by atoms with van der Waals surface area (Å²) in [5.41, 5.74) is 3.22. The van der Waals surface area contributed by atoms with E-state index in [9.17, 15) is 14.0 Å². The maximum atomic E-state index is 14.1. The third-order valence-electron chi connectivity index (χ3n) is 7.19. The highest BCUT2D eigenvalue weighted by Gasteiger charge is 2.23. The van der Waals surface area contributed by atoms with Crippen molar-refractivity contribution in [1.82, 2.24) is 14.5 Å². The van der Waals surface area contributed by atoms with Gasteiger partial charge in [0.25, 0.3) is 11.8 Å². The minimum absolute atomic E-state index is 0.0393. The van der Waals surface area contributed by atoms with Gasteiger partial charge in [0.05, 0.1) is 35.1 Å². The van der Waals surface area contributed by atoms with Crippen LogP contribution in [0, 0.1) is 17.1 Å². The minimum atomic E-state index is -0.487. The molecule has 6 rings (SSSR count). The fraction of sp³-hybridized carbons (Fsp3) is 0.188. The van der Waals surface area contributed by atoms with Crippen LogP contribution in [0.5, 0.6) is 0 Å². The van der Waals surface area contributed by atoms with Gasteiger partial charge in [0.1, 0.15) is 5.82 Å². The Morgan fingerprint density at radius 2 is 1.83 bits per heavy atom. The molecule has 5 aromatic rings. The van der Waals surface area contributed by atoms with Gasteiger partial charge >= 0.3 is 0 Å². The third-order valence-corrected chi connectivity index (χ3v) is 9.24. The fourth-order valence-corrected chi connectivity index (χ4v) is 6.86. The molecule has 0 spiro atoms. The quantitative estimate of drug-likeness (QED) is 0.224. The number of hydrogen-bond donors (Lipinski definition) is 0. The van der Waals surface area contributed by atoms with E-state index in [0.29, 0.717) is 22.7 Å². The number of nitrogens with zero attached hydrogens (tertiary/aromatic N) is 5. The standard InChI is InChI=1S/C32H26FN5O2S2/c33-26-3-1-2-24(14-26)31(39)38(20-28-18-35-21-37(28)19-23-6-4-22(17-34)5-7-23)27-8-9-29-25(15-27)16-30(42-29)32(40)36-10-12-41-13-11-36/h1-9,14-16,18,21H,10-13,19-20H2. The first kappa shape index (κ1) is 27.7. The van der Waals surface area contributed by atoms with Crippen LogP contribution >= 0.6 is 23.1 Å². The molecule has 1 fully saturated rings. The predicted molar refractivity (Wildman–Crippen MR) is 164 cm³/mol. The number of nitriles is 1. The zero-order valence-electron chi connectivity index (χ0n) is 22.6. The first-order valence-electron chi connectivity index (χ1n) is 13.4. The predicted octanol–water partition coefficient (Wildman–Crippen LogP) is 6.19. The molecule has 0 atom stereocenters. The van der Waals surface area contributed by atoms with Gasteiger partial charge in [-0.05, 0) is 65.5 Å². The molecule has 2 aromatic heterocycles. The Balaban J connectivity index is 1.33. The van der Waals surface area contributed by atoms with E-state index in [4.69, 9.17) is 5.26 Å². The number of amides is 2. The molecule has 1 aliphatic heterocycles. The number of rotatable bonds is 7. The zero-order valence-corrected chi connectivity index (χ0v) is 24.2. The maximum Gasteiger partial charge on any atom is 0.264 e. The summed E-state index contributed by atoms with van der Waals surface area (Å²) < 4.78 is 17.0. The highest BCUT2D eigenvalue weighted by molar-refractivity contribution is 7.99. The number of aromatic nitrogens is 2. The number of anilines is 1. The van der Waals surface area contributed by atoms with Crippen LogP contribution in [-0.4, -0.2) is 50.9 Å². The Hall–Kier alpha value is -4.46.